The van der Waals surface area contributed by atoms with Crippen LogP contribution in [0.25, 0.3) is 0 Å². The van der Waals surface area contributed by atoms with Gasteiger partial charge in [0, 0.05) is 35.9 Å². The van der Waals surface area contributed by atoms with Gasteiger partial charge in [0.2, 0.25) is 0 Å². The molecule has 1 aliphatic rings. The lowest BCUT2D eigenvalue weighted by Gasteiger charge is -2.21. The summed E-state index contributed by atoms with van der Waals surface area (Å²) < 4.78 is 38.9. The van der Waals surface area contributed by atoms with Gasteiger partial charge >= 0.3 is 6.18 Å². The molecule has 0 saturated carbocycles. The molecule has 4 nitrogen and oxygen atoms in total. The first-order chi connectivity index (χ1) is 8.66. The zero-order valence-electron chi connectivity index (χ0n) is 9.78. The van der Waals surface area contributed by atoms with Crippen molar-refractivity contribution in [3.05, 3.63) is 28.5 Å². The number of likely N-dealkylation sites (N-methyl/N-ethyl adjacent to an activating group) is 1. The minimum Gasteiger partial charge on any atom is -0.375 e. The summed E-state index contributed by atoms with van der Waals surface area (Å²) in [5.41, 5.74) is -2.14. The number of rotatable bonds is 1. The number of hydrogen-bond acceptors (Lipinski definition) is 3. The molecule has 0 spiro atoms. The van der Waals surface area contributed by atoms with E-state index in [0.29, 0.717) is 9.37 Å². The van der Waals surface area contributed by atoms with Gasteiger partial charge in [-0.15, -0.1) is 0 Å². The average Bonchev–Trinajstić information content (AvgIpc) is 2.55. The highest BCUT2D eigenvalue weighted by atomic mass is 79.9. The van der Waals surface area contributed by atoms with Crippen molar-refractivity contribution in [2.24, 2.45) is 0 Å². The standard InChI is InChI=1S/C11H10BrF3N2O2/c1-17-8(11(13,14)15)3-10(19,9(17)18)6-2-7(12)5-16-4-6/h2,4-5,8,19H,3H2,1H3. The second kappa shape index (κ2) is 4.45. The third kappa shape index (κ3) is 2.34. The highest BCUT2D eigenvalue weighted by Crippen LogP contribution is 2.42. The van der Waals surface area contributed by atoms with Gasteiger partial charge in [-0.25, -0.2) is 0 Å². The Bertz CT molecular complexity index is 523. The van der Waals surface area contributed by atoms with Crippen LogP contribution in [-0.2, 0) is 10.4 Å². The molecule has 1 aromatic rings. The molecule has 1 fully saturated rings. The normalized spacial score (nSPS) is 28.0. The summed E-state index contributed by atoms with van der Waals surface area (Å²) in [7, 11) is 1.03. The number of aliphatic hydroxyl groups is 1. The fourth-order valence-corrected chi connectivity index (χ4v) is 2.52. The molecular weight excluding hydrogens is 329 g/mol. The highest BCUT2D eigenvalue weighted by Gasteiger charge is 2.59. The van der Waals surface area contributed by atoms with Gasteiger partial charge in [0.1, 0.15) is 6.04 Å². The Morgan fingerprint density at radius 2 is 2.16 bits per heavy atom. The third-order valence-corrected chi connectivity index (χ3v) is 3.62. The molecular formula is C11H10BrF3N2O2. The maximum absolute atomic E-state index is 12.8. The van der Waals surface area contributed by atoms with Crippen molar-refractivity contribution in [1.29, 1.82) is 0 Å². The average molecular weight is 339 g/mol. The number of alkyl halides is 3. The van der Waals surface area contributed by atoms with Crippen molar-refractivity contribution in [3.63, 3.8) is 0 Å². The smallest absolute Gasteiger partial charge is 0.375 e. The molecule has 1 aromatic heterocycles. The number of carbonyl (C=O) groups excluding carboxylic acids is 1. The first-order valence-corrected chi connectivity index (χ1v) is 6.13. The number of halogens is 4. The molecule has 104 valence electrons. The van der Waals surface area contributed by atoms with Crippen LogP contribution in [0.2, 0.25) is 0 Å². The van der Waals surface area contributed by atoms with E-state index in [4.69, 9.17) is 0 Å². The van der Waals surface area contributed by atoms with E-state index in [-0.39, 0.29) is 5.56 Å². The summed E-state index contributed by atoms with van der Waals surface area (Å²) in [4.78, 5) is 16.2. The van der Waals surface area contributed by atoms with Crippen LogP contribution in [0.3, 0.4) is 0 Å². The van der Waals surface area contributed by atoms with E-state index in [1.54, 1.807) is 0 Å². The van der Waals surface area contributed by atoms with Crippen molar-refractivity contribution < 1.29 is 23.1 Å². The summed E-state index contributed by atoms with van der Waals surface area (Å²) in [5.74, 6) is -0.977. The van der Waals surface area contributed by atoms with E-state index >= 15 is 0 Å². The van der Waals surface area contributed by atoms with Crippen LogP contribution >= 0.6 is 15.9 Å². The maximum Gasteiger partial charge on any atom is 0.408 e. The first-order valence-electron chi connectivity index (χ1n) is 5.33. The van der Waals surface area contributed by atoms with Gasteiger partial charge in [0.15, 0.2) is 5.60 Å². The van der Waals surface area contributed by atoms with Crippen LogP contribution in [0.1, 0.15) is 12.0 Å². The summed E-state index contributed by atoms with van der Waals surface area (Å²) in [6.45, 7) is 0. The maximum atomic E-state index is 12.8. The molecule has 1 aliphatic heterocycles. The van der Waals surface area contributed by atoms with Crippen LogP contribution < -0.4 is 0 Å². The van der Waals surface area contributed by atoms with Crippen LogP contribution in [0.4, 0.5) is 13.2 Å². The second-order valence-electron chi connectivity index (χ2n) is 4.43. The van der Waals surface area contributed by atoms with E-state index in [9.17, 15) is 23.1 Å². The van der Waals surface area contributed by atoms with Crippen molar-refractivity contribution in [2.75, 3.05) is 7.05 Å². The van der Waals surface area contributed by atoms with Gasteiger partial charge in [-0.1, -0.05) is 0 Å². The van der Waals surface area contributed by atoms with E-state index in [0.717, 1.165) is 7.05 Å². The van der Waals surface area contributed by atoms with Gasteiger partial charge in [-0.05, 0) is 22.0 Å². The Morgan fingerprint density at radius 1 is 1.53 bits per heavy atom. The molecule has 0 aliphatic carbocycles. The molecule has 0 radical (unpaired) electrons. The fourth-order valence-electron chi connectivity index (χ4n) is 2.15. The second-order valence-corrected chi connectivity index (χ2v) is 5.35. The number of pyridine rings is 1. The van der Waals surface area contributed by atoms with Crippen LogP contribution in [0.5, 0.6) is 0 Å². The van der Waals surface area contributed by atoms with Gasteiger partial charge < -0.3 is 10.0 Å². The predicted molar refractivity (Wildman–Crippen MR) is 63.1 cm³/mol. The zero-order valence-corrected chi connectivity index (χ0v) is 11.4. The van der Waals surface area contributed by atoms with Gasteiger partial charge in [0.05, 0.1) is 0 Å². The number of aromatic nitrogens is 1. The third-order valence-electron chi connectivity index (χ3n) is 3.19. The molecule has 2 rings (SSSR count). The Morgan fingerprint density at radius 3 is 2.63 bits per heavy atom. The largest absolute Gasteiger partial charge is 0.408 e. The number of nitrogens with zero attached hydrogens (tertiary/aromatic N) is 2. The fraction of sp³-hybridized carbons (Fsp3) is 0.455. The first kappa shape index (κ1) is 14.3. The molecule has 1 N–H and O–H groups in total. The Kier molecular flexibility index (Phi) is 3.34. The lowest BCUT2D eigenvalue weighted by molar-refractivity contribution is -0.177. The van der Waals surface area contributed by atoms with E-state index in [1.807, 2.05) is 0 Å². The topological polar surface area (TPSA) is 53.4 Å². The van der Waals surface area contributed by atoms with E-state index in [2.05, 4.69) is 20.9 Å². The number of carbonyl (C=O) groups is 1. The van der Waals surface area contributed by atoms with Crippen LogP contribution in [0.15, 0.2) is 22.9 Å². The molecule has 2 unspecified atom stereocenters. The molecule has 1 amide bonds. The lowest BCUT2D eigenvalue weighted by Crippen LogP contribution is -2.41. The van der Waals surface area contributed by atoms with Crippen LogP contribution in [0, 0.1) is 0 Å². The quantitative estimate of drug-likeness (QED) is 0.849. The van der Waals surface area contributed by atoms with E-state index < -0.39 is 30.1 Å². The molecule has 0 aromatic carbocycles. The highest BCUT2D eigenvalue weighted by molar-refractivity contribution is 9.10. The van der Waals surface area contributed by atoms with Crippen LogP contribution in [-0.4, -0.2) is 40.2 Å². The molecule has 2 atom stereocenters. The van der Waals surface area contributed by atoms with Crippen molar-refractivity contribution in [2.45, 2.75) is 24.2 Å². The Labute approximate surface area is 115 Å². The molecule has 0 bridgehead atoms. The van der Waals surface area contributed by atoms with Gasteiger partial charge in [-0.2, -0.15) is 13.2 Å². The lowest BCUT2D eigenvalue weighted by atomic mass is 9.92. The number of hydrogen-bond donors (Lipinski definition) is 1. The van der Waals surface area contributed by atoms with Crippen molar-refractivity contribution in [1.82, 2.24) is 9.88 Å². The minimum atomic E-state index is -4.58. The number of likely N-dealkylation sites (tertiary alicyclic amines) is 1. The Balaban J connectivity index is 2.43. The van der Waals surface area contributed by atoms with Crippen molar-refractivity contribution in [3.8, 4) is 0 Å². The predicted octanol–water partition coefficient (Wildman–Crippen LogP) is 1.82. The SMILES string of the molecule is CN1C(=O)C(O)(c2cncc(Br)c2)CC1C(F)(F)F. The van der Waals surface area contributed by atoms with Gasteiger partial charge in [0.25, 0.3) is 5.91 Å². The minimum absolute atomic E-state index is 0.0467. The Hall–Kier alpha value is -1.15. The van der Waals surface area contributed by atoms with E-state index in [1.165, 1.54) is 18.5 Å². The molecule has 1 saturated heterocycles. The zero-order chi connectivity index (χ0) is 14.4. The molecule has 19 heavy (non-hydrogen) atoms. The summed E-state index contributed by atoms with van der Waals surface area (Å²) in [5, 5.41) is 10.3. The van der Waals surface area contributed by atoms with Crippen molar-refractivity contribution >= 4 is 21.8 Å². The molecule has 2 heterocycles. The summed E-state index contributed by atoms with van der Waals surface area (Å²) in [6, 6.07) is -0.610. The summed E-state index contributed by atoms with van der Waals surface area (Å²) in [6.07, 6.45) is -2.70. The number of amides is 1. The summed E-state index contributed by atoms with van der Waals surface area (Å²) >= 11 is 3.10. The molecule has 8 heteroatoms. The van der Waals surface area contributed by atoms with Gasteiger partial charge in [-0.3, -0.25) is 9.78 Å². The monoisotopic (exact) mass is 338 g/mol.